The van der Waals surface area contributed by atoms with Crippen molar-refractivity contribution in [1.29, 1.82) is 0 Å². The van der Waals surface area contributed by atoms with E-state index in [1.165, 1.54) is 37.1 Å². The van der Waals surface area contributed by atoms with Crippen molar-refractivity contribution in [3.63, 3.8) is 0 Å². The van der Waals surface area contributed by atoms with Crippen LogP contribution in [0.5, 0.6) is 11.5 Å². The van der Waals surface area contributed by atoms with Crippen LogP contribution >= 0.6 is 0 Å². The monoisotopic (exact) mass is 375 g/mol. The minimum atomic E-state index is -3.78. The Balaban J connectivity index is 1.85. The Morgan fingerprint density at radius 1 is 1.00 bits per heavy atom. The zero-order chi connectivity index (χ0) is 18.7. The van der Waals surface area contributed by atoms with Gasteiger partial charge in [-0.3, -0.25) is 4.72 Å². The van der Waals surface area contributed by atoms with Crippen molar-refractivity contribution in [2.75, 3.05) is 18.9 Å². The lowest BCUT2D eigenvalue weighted by molar-refractivity contribution is 0.354. The molecule has 0 saturated carbocycles. The number of hydrogen-bond acceptors (Lipinski definition) is 7. The number of anilines is 1. The molecule has 0 aliphatic rings. The van der Waals surface area contributed by atoms with Crippen LogP contribution in [0.3, 0.4) is 0 Å². The van der Waals surface area contributed by atoms with Crippen molar-refractivity contribution in [2.45, 2.75) is 4.90 Å². The molecule has 2 aromatic carbocycles. The maximum absolute atomic E-state index is 12.6. The number of rotatable bonds is 6. The van der Waals surface area contributed by atoms with Gasteiger partial charge in [-0.15, -0.1) is 5.10 Å². The van der Waals surface area contributed by atoms with E-state index >= 15 is 0 Å². The topological polar surface area (TPSA) is 108 Å². The molecule has 0 atom stereocenters. The molecule has 0 unspecified atom stereocenters. The van der Waals surface area contributed by atoms with Gasteiger partial charge in [0.1, 0.15) is 0 Å². The largest absolute Gasteiger partial charge is 0.493 e. The molecule has 0 aliphatic heterocycles. The Labute approximate surface area is 150 Å². The van der Waals surface area contributed by atoms with Gasteiger partial charge < -0.3 is 9.47 Å². The molecule has 0 amide bonds. The number of aromatic nitrogens is 4. The molecule has 136 valence electrons. The van der Waals surface area contributed by atoms with Crippen LogP contribution in [-0.2, 0) is 17.1 Å². The van der Waals surface area contributed by atoms with Gasteiger partial charge in [-0.2, -0.15) is 0 Å². The first-order valence-electron chi connectivity index (χ1n) is 7.52. The first-order valence-corrected chi connectivity index (χ1v) is 9.00. The Morgan fingerprint density at radius 2 is 1.69 bits per heavy atom. The van der Waals surface area contributed by atoms with Crippen LogP contribution in [0.4, 0.5) is 5.69 Å². The molecule has 0 aliphatic carbocycles. The molecule has 1 N–H and O–H groups in total. The maximum atomic E-state index is 12.6. The Hall–Kier alpha value is -3.14. The van der Waals surface area contributed by atoms with Crippen LogP contribution < -0.4 is 14.2 Å². The molecular formula is C16H17N5O4S. The molecule has 9 nitrogen and oxygen atoms in total. The fourth-order valence-corrected chi connectivity index (χ4v) is 3.43. The van der Waals surface area contributed by atoms with Crippen LogP contribution in [-0.4, -0.2) is 42.8 Å². The quantitative estimate of drug-likeness (QED) is 0.698. The summed E-state index contributed by atoms with van der Waals surface area (Å²) in [6, 6.07) is 11.1. The second-order valence-electron chi connectivity index (χ2n) is 5.33. The number of methoxy groups -OCH3 is 2. The molecule has 0 spiro atoms. The molecule has 26 heavy (non-hydrogen) atoms. The highest BCUT2D eigenvalue weighted by atomic mass is 32.2. The second kappa shape index (κ2) is 7.00. The predicted molar refractivity (Wildman–Crippen MR) is 94.6 cm³/mol. The van der Waals surface area contributed by atoms with E-state index in [-0.39, 0.29) is 4.90 Å². The number of hydrogen-bond donors (Lipinski definition) is 1. The van der Waals surface area contributed by atoms with Gasteiger partial charge in [-0.25, -0.2) is 13.1 Å². The summed E-state index contributed by atoms with van der Waals surface area (Å²) >= 11 is 0. The zero-order valence-electron chi connectivity index (χ0n) is 14.4. The summed E-state index contributed by atoms with van der Waals surface area (Å²) in [6.45, 7) is 0. The summed E-state index contributed by atoms with van der Waals surface area (Å²) in [7, 11) is 0.879. The number of tetrazole rings is 1. The molecule has 0 fully saturated rings. The summed E-state index contributed by atoms with van der Waals surface area (Å²) in [5.74, 6) is 1.37. The zero-order valence-corrected chi connectivity index (χ0v) is 15.2. The van der Waals surface area contributed by atoms with Crippen LogP contribution in [0.25, 0.3) is 11.4 Å². The van der Waals surface area contributed by atoms with Crippen molar-refractivity contribution in [2.24, 2.45) is 7.05 Å². The minimum Gasteiger partial charge on any atom is -0.493 e. The number of aryl methyl sites for hydroxylation is 1. The van der Waals surface area contributed by atoms with Crippen molar-refractivity contribution in [1.82, 2.24) is 20.2 Å². The van der Waals surface area contributed by atoms with Crippen LogP contribution in [0, 0.1) is 0 Å². The predicted octanol–water partition coefficient (Wildman–Crippen LogP) is 1.70. The number of benzene rings is 2. The van der Waals surface area contributed by atoms with E-state index in [2.05, 4.69) is 20.2 Å². The standard InChI is InChI=1S/C16H17N5O4S/c1-21-16(17-19-20-21)11-4-6-12(7-5-11)18-26(22,23)13-8-9-14(24-2)15(10-13)25-3/h4-10,18H,1-3H3. The highest BCUT2D eigenvalue weighted by Crippen LogP contribution is 2.30. The molecule has 0 radical (unpaired) electrons. The smallest absolute Gasteiger partial charge is 0.262 e. The second-order valence-corrected chi connectivity index (χ2v) is 7.01. The van der Waals surface area contributed by atoms with E-state index in [0.29, 0.717) is 23.0 Å². The van der Waals surface area contributed by atoms with E-state index in [9.17, 15) is 8.42 Å². The number of sulfonamides is 1. The van der Waals surface area contributed by atoms with Gasteiger partial charge in [0, 0.05) is 24.4 Å². The summed E-state index contributed by atoms with van der Waals surface area (Å²) < 4.78 is 39.5. The Kier molecular flexibility index (Phi) is 4.76. The molecular weight excluding hydrogens is 358 g/mol. The molecule has 3 aromatic rings. The third kappa shape index (κ3) is 3.45. The van der Waals surface area contributed by atoms with Gasteiger partial charge in [0.05, 0.1) is 19.1 Å². The van der Waals surface area contributed by atoms with Gasteiger partial charge in [-0.1, -0.05) is 0 Å². The first-order chi connectivity index (χ1) is 12.4. The van der Waals surface area contributed by atoms with Crippen LogP contribution in [0.1, 0.15) is 0 Å². The van der Waals surface area contributed by atoms with E-state index in [4.69, 9.17) is 9.47 Å². The van der Waals surface area contributed by atoms with E-state index < -0.39 is 10.0 Å². The lowest BCUT2D eigenvalue weighted by Crippen LogP contribution is -2.13. The van der Waals surface area contributed by atoms with Crippen molar-refractivity contribution in [3.8, 4) is 22.9 Å². The van der Waals surface area contributed by atoms with Crippen molar-refractivity contribution in [3.05, 3.63) is 42.5 Å². The van der Waals surface area contributed by atoms with Gasteiger partial charge in [0.2, 0.25) is 0 Å². The van der Waals surface area contributed by atoms with Gasteiger partial charge in [0.25, 0.3) is 10.0 Å². The number of nitrogens with zero attached hydrogens (tertiary/aromatic N) is 4. The number of nitrogens with one attached hydrogen (secondary N) is 1. The Morgan fingerprint density at radius 3 is 2.27 bits per heavy atom. The maximum Gasteiger partial charge on any atom is 0.262 e. The van der Waals surface area contributed by atoms with Gasteiger partial charge >= 0.3 is 0 Å². The van der Waals surface area contributed by atoms with Crippen LogP contribution in [0.15, 0.2) is 47.4 Å². The van der Waals surface area contributed by atoms with E-state index in [0.717, 1.165) is 5.56 Å². The summed E-state index contributed by atoms with van der Waals surface area (Å²) in [5.41, 5.74) is 1.19. The summed E-state index contributed by atoms with van der Waals surface area (Å²) in [6.07, 6.45) is 0. The van der Waals surface area contributed by atoms with E-state index in [1.807, 2.05) is 0 Å². The summed E-state index contributed by atoms with van der Waals surface area (Å²) in [5, 5.41) is 11.3. The molecule has 0 saturated heterocycles. The lowest BCUT2D eigenvalue weighted by Gasteiger charge is -2.12. The fourth-order valence-electron chi connectivity index (χ4n) is 2.36. The van der Waals surface area contributed by atoms with E-state index in [1.54, 1.807) is 31.3 Å². The highest BCUT2D eigenvalue weighted by molar-refractivity contribution is 7.92. The van der Waals surface area contributed by atoms with Crippen molar-refractivity contribution < 1.29 is 17.9 Å². The summed E-state index contributed by atoms with van der Waals surface area (Å²) in [4.78, 5) is 0.0664. The lowest BCUT2D eigenvalue weighted by atomic mass is 10.2. The molecule has 1 heterocycles. The average Bonchev–Trinajstić information content (AvgIpc) is 3.07. The normalized spacial score (nSPS) is 11.2. The minimum absolute atomic E-state index is 0.0664. The van der Waals surface area contributed by atoms with Gasteiger partial charge in [0.15, 0.2) is 17.3 Å². The molecule has 3 rings (SSSR count). The SMILES string of the molecule is COc1ccc(S(=O)(=O)Nc2ccc(-c3nnnn3C)cc2)cc1OC. The van der Waals surface area contributed by atoms with Crippen molar-refractivity contribution >= 4 is 15.7 Å². The molecule has 0 bridgehead atoms. The molecule has 10 heteroatoms. The highest BCUT2D eigenvalue weighted by Gasteiger charge is 2.17. The molecule has 1 aromatic heterocycles. The Bertz CT molecular complexity index is 1020. The fraction of sp³-hybridized carbons (Fsp3) is 0.188. The van der Waals surface area contributed by atoms with Gasteiger partial charge in [-0.05, 0) is 46.8 Å². The van der Waals surface area contributed by atoms with Crippen LogP contribution in [0.2, 0.25) is 0 Å². The third-order valence-electron chi connectivity index (χ3n) is 3.68. The third-order valence-corrected chi connectivity index (χ3v) is 5.06. The number of ether oxygens (including phenoxy) is 2. The average molecular weight is 375 g/mol. The first kappa shape index (κ1) is 17.7.